The molecule has 0 aliphatic heterocycles. The van der Waals surface area contributed by atoms with Gasteiger partial charge in [-0.1, -0.05) is 41.6 Å². The van der Waals surface area contributed by atoms with Gasteiger partial charge >= 0.3 is 5.97 Å². The highest BCUT2D eigenvalue weighted by molar-refractivity contribution is 9.10. The van der Waals surface area contributed by atoms with E-state index in [0.717, 1.165) is 35.7 Å². The minimum atomic E-state index is -1.12. The Bertz CT molecular complexity index is 548. The average molecular weight is 354 g/mol. The highest BCUT2D eigenvalue weighted by Gasteiger charge is 2.40. The maximum Gasteiger partial charge on any atom is 0.329 e. The van der Waals surface area contributed by atoms with E-state index < -0.39 is 11.5 Å². The molecule has 5 heteroatoms. The van der Waals surface area contributed by atoms with Crippen LogP contribution in [0.25, 0.3) is 0 Å². The Morgan fingerprint density at radius 3 is 2.33 bits per heavy atom. The van der Waals surface area contributed by atoms with Gasteiger partial charge in [0.05, 0.1) is 0 Å². The van der Waals surface area contributed by atoms with Crippen LogP contribution in [0.5, 0.6) is 0 Å². The van der Waals surface area contributed by atoms with Crippen LogP contribution in [-0.2, 0) is 4.79 Å². The SMILES string of the molecule is Cc1cc(Br)ccc1C(=O)NC1(C(=O)O)CCCCCC1. The Kier molecular flexibility index (Phi) is 5.04. The van der Waals surface area contributed by atoms with Crippen molar-refractivity contribution in [2.24, 2.45) is 0 Å². The number of hydrogen-bond acceptors (Lipinski definition) is 2. The van der Waals surface area contributed by atoms with Gasteiger partial charge in [0, 0.05) is 10.0 Å². The molecule has 0 saturated heterocycles. The van der Waals surface area contributed by atoms with E-state index in [9.17, 15) is 14.7 Å². The number of benzene rings is 1. The smallest absolute Gasteiger partial charge is 0.329 e. The topological polar surface area (TPSA) is 66.4 Å². The van der Waals surface area contributed by atoms with E-state index in [1.54, 1.807) is 12.1 Å². The summed E-state index contributed by atoms with van der Waals surface area (Å²) in [7, 11) is 0. The van der Waals surface area contributed by atoms with E-state index in [1.807, 2.05) is 13.0 Å². The largest absolute Gasteiger partial charge is 0.480 e. The molecular weight excluding hydrogens is 334 g/mol. The van der Waals surface area contributed by atoms with E-state index in [0.29, 0.717) is 18.4 Å². The minimum Gasteiger partial charge on any atom is -0.480 e. The number of aryl methyl sites for hydroxylation is 1. The molecule has 1 aliphatic rings. The Morgan fingerprint density at radius 1 is 1.19 bits per heavy atom. The van der Waals surface area contributed by atoms with Crippen molar-refractivity contribution >= 4 is 27.8 Å². The van der Waals surface area contributed by atoms with E-state index in [1.165, 1.54) is 0 Å². The van der Waals surface area contributed by atoms with Crippen LogP contribution in [0.1, 0.15) is 54.4 Å². The fourth-order valence-electron chi connectivity index (χ4n) is 2.89. The van der Waals surface area contributed by atoms with Crippen LogP contribution < -0.4 is 5.32 Å². The van der Waals surface area contributed by atoms with Crippen LogP contribution in [0.15, 0.2) is 22.7 Å². The minimum absolute atomic E-state index is 0.302. The zero-order valence-electron chi connectivity index (χ0n) is 12.1. The third-order valence-corrected chi connectivity index (χ3v) is 4.65. The van der Waals surface area contributed by atoms with Crippen molar-refractivity contribution in [3.05, 3.63) is 33.8 Å². The molecule has 0 heterocycles. The number of halogens is 1. The Morgan fingerprint density at radius 2 is 1.81 bits per heavy atom. The number of hydrogen-bond donors (Lipinski definition) is 2. The molecule has 21 heavy (non-hydrogen) atoms. The molecule has 4 nitrogen and oxygen atoms in total. The third kappa shape index (κ3) is 3.64. The highest BCUT2D eigenvalue weighted by atomic mass is 79.9. The molecule has 1 amide bonds. The second-order valence-electron chi connectivity index (χ2n) is 5.71. The van der Waals surface area contributed by atoms with Gasteiger partial charge in [-0.25, -0.2) is 4.79 Å². The molecule has 0 bridgehead atoms. The van der Waals surface area contributed by atoms with Gasteiger partial charge in [-0.05, 0) is 43.5 Å². The normalized spacial score (nSPS) is 17.8. The summed E-state index contributed by atoms with van der Waals surface area (Å²) >= 11 is 3.36. The summed E-state index contributed by atoms with van der Waals surface area (Å²) in [6.45, 7) is 1.85. The highest BCUT2D eigenvalue weighted by Crippen LogP contribution is 2.28. The molecule has 0 spiro atoms. The summed E-state index contributed by atoms with van der Waals surface area (Å²) in [6, 6.07) is 5.37. The Labute approximate surface area is 133 Å². The van der Waals surface area contributed by atoms with Crippen molar-refractivity contribution < 1.29 is 14.7 Å². The Balaban J connectivity index is 2.24. The van der Waals surface area contributed by atoms with Gasteiger partial charge in [0.1, 0.15) is 5.54 Å². The molecule has 0 aromatic heterocycles. The van der Waals surface area contributed by atoms with Crippen molar-refractivity contribution in [3.63, 3.8) is 0 Å². The van der Waals surface area contributed by atoms with Gasteiger partial charge in [0.2, 0.25) is 0 Å². The molecule has 0 unspecified atom stereocenters. The molecule has 1 saturated carbocycles. The number of nitrogens with one attached hydrogen (secondary N) is 1. The molecule has 2 N–H and O–H groups in total. The lowest BCUT2D eigenvalue weighted by Gasteiger charge is -2.29. The monoisotopic (exact) mass is 353 g/mol. The van der Waals surface area contributed by atoms with Crippen LogP contribution in [-0.4, -0.2) is 22.5 Å². The lowest BCUT2D eigenvalue weighted by atomic mass is 9.89. The zero-order chi connectivity index (χ0) is 15.5. The standard InChI is InChI=1S/C16H20BrNO3/c1-11-10-12(17)6-7-13(11)14(19)18-16(15(20)21)8-4-2-3-5-9-16/h6-7,10H,2-5,8-9H2,1H3,(H,18,19)(H,20,21). The van der Waals surface area contributed by atoms with Gasteiger partial charge in [-0.2, -0.15) is 0 Å². The van der Waals surface area contributed by atoms with Gasteiger partial charge in [-0.15, -0.1) is 0 Å². The zero-order valence-corrected chi connectivity index (χ0v) is 13.7. The number of carbonyl (C=O) groups is 2. The number of carboxylic acid groups (broad SMARTS) is 1. The number of aliphatic carboxylic acids is 1. The van der Waals surface area contributed by atoms with E-state index in [2.05, 4.69) is 21.2 Å². The second-order valence-corrected chi connectivity index (χ2v) is 6.63. The molecular formula is C16H20BrNO3. The predicted molar refractivity (Wildman–Crippen MR) is 84.4 cm³/mol. The first-order valence-electron chi connectivity index (χ1n) is 7.27. The third-order valence-electron chi connectivity index (χ3n) is 4.15. The van der Waals surface area contributed by atoms with Crippen LogP contribution >= 0.6 is 15.9 Å². The molecule has 1 fully saturated rings. The fourth-order valence-corrected chi connectivity index (χ4v) is 3.37. The van der Waals surface area contributed by atoms with Crippen molar-refractivity contribution in [3.8, 4) is 0 Å². The van der Waals surface area contributed by atoms with Crippen LogP contribution in [0.4, 0.5) is 0 Å². The van der Waals surface area contributed by atoms with Gasteiger partial charge in [0.15, 0.2) is 0 Å². The molecule has 1 aliphatic carbocycles. The number of amides is 1. The van der Waals surface area contributed by atoms with E-state index >= 15 is 0 Å². The summed E-state index contributed by atoms with van der Waals surface area (Å²) in [5.41, 5.74) is 0.242. The quantitative estimate of drug-likeness (QED) is 0.814. The number of rotatable bonds is 3. The van der Waals surface area contributed by atoms with Crippen LogP contribution in [0, 0.1) is 6.92 Å². The molecule has 0 radical (unpaired) electrons. The Hall–Kier alpha value is -1.36. The van der Waals surface area contributed by atoms with Crippen LogP contribution in [0.3, 0.4) is 0 Å². The van der Waals surface area contributed by atoms with E-state index in [-0.39, 0.29) is 5.91 Å². The van der Waals surface area contributed by atoms with Crippen molar-refractivity contribution in [2.45, 2.75) is 51.0 Å². The second kappa shape index (κ2) is 6.60. The summed E-state index contributed by atoms with van der Waals surface area (Å²) in [6.07, 6.45) is 4.75. The van der Waals surface area contributed by atoms with E-state index in [4.69, 9.17) is 0 Å². The molecule has 1 aromatic carbocycles. The van der Waals surface area contributed by atoms with Crippen molar-refractivity contribution in [1.29, 1.82) is 0 Å². The van der Waals surface area contributed by atoms with Crippen LogP contribution in [0.2, 0.25) is 0 Å². The fraction of sp³-hybridized carbons (Fsp3) is 0.500. The summed E-state index contributed by atoms with van der Waals surface area (Å²) in [4.78, 5) is 24.2. The lowest BCUT2D eigenvalue weighted by Crippen LogP contribution is -2.54. The molecule has 114 valence electrons. The summed E-state index contributed by atoms with van der Waals surface area (Å²) in [5.74, 6) is -1.23. The maximum atomic E-state index is 12.5. The molecule has 1 aromatic rings. The first kappa shape index (κ1) is 16.0. The summed E-state index contributed by atoms with van der Waals surface area (Å²) in [5, 5.41) is 12.4. The van der Waals surface area contributed by atoms with Gasteiger partial charge < -0.3 is 10.4 Å². The lowest BCUT2D eigenvalue weighted by molar-refractivity contribution is -0.145. The summed E-state index contributed by atoms with van der Waals surface area (Å²) < 4.78 is 0.902. The molecule has 2 rings (SSSR count). The first-order valence-corrected chi connectivity index (χ1v) is 8.06. The number of carbonyl (C=O) groups excluding carboxylic acids is 1. The maximum absolute atomic E-state index is 12.5. The average Bonchev–Trinajstić information content (AvgIpc) is 2.65. The van der Waals surface area contributed by atoms with Gasteiger partial charge in [-0.3, -0.25) is 4.79 Å². The van der Waals surface area contributed by atoms with Crippen molar-refractivity contribution in [2.75, 3.05) is 0 Å². The first-order chi connectivity index (χ1) is 9.94. The number of carboxylic acids is 1. The van der Waals surface area contributed by atoms with Crippen molar-refractivity contribution in [1.82, 2.24) is 5.32 Å². The predicted octanol–water partition coefficient (Wildman–Crippen LogP) is 3.66. The van der Waals surface area contributed by atoms with Gasteiger partial charge in [0.25, 0.3) is 5.91 Å². The molecule has 0 atom stereocenters.